The first kappa shape index (κ1) is 17.6. The maximum Gasteiger partial charge on any atom is 0.230 e. The zero-order chi connectivity index (χ0) is 19.1. The van der Waals surface area contributed by atoms with Crippen LogP contribution in [-0.4, -0.2) is 35.4 Å². The first-order chi connectivity index (χ1) is 13.6. The second kappa shape index (κ2) is 6.85. The monoisotopic (exact) mass is 395 g/mol. The van der Waals surface area contributed by atoms with E-state index in [1.165, 1.54) is 16.8 Å². The van der Waals surface area contributed by atoms with Crippen molar-refractivity contribution in [1.82, 2.24) is 9.88 Å². The summed E-state index contributed by atoms with van der Waals surface area (Å²) in [6.45, 7) is 2.95. The molecule has 2 aromatic carbocycles. The molecule has 2 aliphatic heterocycles. The lowest BCUT2D eigenvalue weighted by Crippen LogP contribution is -2.49. The van der Waals surface area contributed by atoms with Gasteiger partial charge in [-0.05, 0) is 49.1 Å². The molecule has 3 heterocycles. The number of carbonyl (C=O) groups is 1. The van der Waals surface area contributed by atoms with Crippen molar-refractivity contribution in [1.29, 1.82) is 0 Å². The molecule has 0 aliphatic carbocycles. The van der Waals surface area contributed by atoms with Crippen molar-refractivity contribution in [2.45, 2.75) is 25.8 Å². The predicted octanol–water partition coefficient (Wildman–Crippen LogP) is 4.45. The van der Waals surface area contributed by atoms with Gasteiger partial charge in [0, 0.05) is 26.2 Å². The molecule has 6 heteroatoms. The third-order valence-corrected chi connectivity index (χ3v) is 7.12. The number of nitrogens with zero attached hydrogens (tertiary/aromatic N) is 3. The van der Waals surface area contributed by atoms with Crippen LogP contribution in [0.15, 0.2) is 48.5 Å². The highest BCUT2D eigenvalue weighted by Gasteiger charge is 2.48. The van der Waals surface area contributed by atoms with Crippen molar-refractivity contribution in [2.75, 3.05) is 24.5 Å². The molecule has 2 fully saturated rings. The number of fused-ring (bicyclic) bond motifs is 1. The standard InChI is InChI=1S/C22H22FN3OS/c23-17-8-6-16(7-9-17)14-25-12-3-10-22(20(25)27)11-13-26(15-22)21-24-18-4-1-2-5-19(18)28-21/h1-2,4-9H,3,10-15H2. The van der Waals surface area contributed by atoms with Gasteiger partial charge in [-0.2, -0.15) is 0 Å². The van der Waals surface area contributed by atoms with E-state index in [1.807, 2.05) is 23.1 Å². The van der Waals surface area contributed by atoms with E-state index in [4.69, 9.17) is 4.98 Å². The highest BCUT2D eigenvalue weighted by Crippen LogP contribution is 2.43. The van der Waals surface area contributed by atoms with Crippen LogP contribution >= 0.6 is 11.3 Å². The van der Waals surface area contributed by atoms with E-state index in [2.05, 4.69) is 11.0 Å². The van der Waals surface area contributed by atoms with E-state index < -0.39 is 0 Å². The zero-order valence-electron chi connectivity index (χ0n) is 15.6. The minimum atomic E-state index is -0.309. The fourth-order valence-corrected chi connectivity index (χ4v) is 5.51. The van der Waals surface area contributed by atoms with E-state index >= 15 is 0 Å². The van der Waals surface area contributed by atoms with E-state index in [0.29, 0.717) is 6.54 Å². The van der Waals surface area contributed by atoms with Crippen molar-refractivity contribution in [3.63, 3.8) is 0 Å². The number of benzene rings is 2. The summed E-state index contributed by atoms with van der Waals surface area (Å²) in [5.74, 6) is -0.000790. The quantitative estimate of drug-likeness (QED) is 0.657. The summed E-state index contributed by atoms with van der Waals surface area (Å²) < 4.78 is 14.4. The van der Waals surface area contributed by atoms with Gasteiger partial charge in [-0.25, -0.2) is 9.37 Å². The second-order valence-corrected chi connectivity index (χ2v) is 8.88. The van der Waals surface area contributed by atoms with Gasteiger partial charge in [-0.15, -0.1) is 0 Å². The van der Waals surface area contributed by atoms with Crippen LogP contribution in [0.1, 0.15) is 24.8 Å². The number of piperidine rings is 1. The fourth-order valence-electron chi connectivity index (χ4n) is 4.52. The number of carbonyl (C=O) groups excluding carboxylic acids is 1. The number of thiazole rings is 1. The molecule has 1 amide bonds. The van der Waals surface area contributed by atoms with Gasteiger partial charge < -0.3 is 9.80 Å². The molecule has 28 heavy (non-hydrogen) atoms. The highest BCUT2D eigenvalue weighted by molar-refractivity contribution is 7.22. The average Bonchev–Trinajstić information content (AvgIpc) is 3.32. The van der Waals surface area contributed by atoms with Gasteiger partial charge in [-0.3, -0.25) is 4.79 Å². The van der Waals surface area contributed by atoms with Crippen molar-refractivity contribution in [2.24, 2.45) is 5.41 Å². The number of halogens is 1. The van der Waals surface area contributed by atoms with Crippen LogP contribution in [0.2, 0.25) is 0 Å². The van der Waals surface area contributed by atoms with Crippen molar-refractivity contribution in [3.05, 3.63) is 59.9 Å². The average molecular weight is 396 g/mol. The summed E-state index contributed by atoms with van der Waals surface area (Å²) in [6, 6.07) is 14.6. The largest absolute Gasteiger partial charge is 0.347 e. The summed E-state index contributed by atoms with van der Waals surface area (Å²) >= 11 is 1.70. The molecule has 0 bridgehead atoms. The number of hydrogen-bond acceptors (Lipinski definition) is 4. The number of aromatic nitrogens is 1. The Bertz CT molecular complexity index is 985. The van der Waals surface area contributed by atoms with Crippen LogP contribution in [0.3, 0.4) is 0 Å². The smallest absolute Gasteiger partial charge is 0.230 e. The molecule has 3 aromatic rings. The Morgan fingerprint density at radius 2 is 1.89 bits per heavy atom. The van der Waals surface area contributed by atoms with E-state index in [-0.39, 0.29) is 17.1 Å². The fraction of sp³-hybridized carbons (Fsp3) is 0.364. The summed E-state index contributed by atoms with van der Waals surface area (Å²) in [7, 11) is 0. The van der Waals surface area contributed by atoms with Crippen LogP contribution in [-0.2, 0) is 11.3 Å². The maximum absolute atomic E-state index is 13.4. The third kappa shape index (κ3) is 3.05. The Labute approximate surface area is 167 Å². The minimum Gasteiger partial charge on any atom is -0.347 e. The Kier molecular flexibility index (Phi) is 4.31. The van der Waals surface area contributed by atoms with Crippen molar-refractivity contribution < 1.29 is 9.18 Å². The number of para-hydroxylation sites is 1. The van der Waals surface area contributed by atoms with Crippen molar-refractivity contribution >= 4 is 32.6 Å². The van der Waals surface area contributed by atoms with Gasteiger partial charge in [0.2, 0.25) is 5.91 Å². The van der Waals surface area contributed by atoms with Gasteiger partial charge in [0.25, 0.3) is 0 Å². The molecule has 144 valence electrons. The second-order valence-electron chi connectivity index (χ2n) is 7.87. The molecule has 0 N–H and O–H groups in total. The van der Waals surface area contributed by atoms with Gasteiger partial charge in [0.05, 0.1) is 15.6 Å². The third-order valence-electron chi connectivity index (χ3n) is 6.02. The van der Waals surface area contributed by atoms with E-state index in [0.717, 1.165) is 55.1 Å². The van der Waals surface area contributed by atoms with Gasteiger partial charge >= 0.3 is 0 Å². The predicted molar refractivity (Wildman–Crippen MR) is 110 cm³/mol. The topological polar surface area (TPSA) is 36.4 Å². The molecule has 5 rings (SSSR count). The van der Waals surface area contributed by atoms with Gasteiger partial charge in [0.15, 0.2) is 5.13 Å². The number of anilines is 1. The summed E-state index contributed by atoms with van der Waals surface area (Å²) in [4.78, 5) is 22.4. The molecule has 1 atom stereocenters. The number of hydrogen-bond donors (Lipinski definition) is 0. The van der Waals surface area contributed by atoms with Crippen LogP contribution in [0.25, 0.3) is 10.2 Å². The van der Waals surface area contributed by atoms with Gasteiger partial charge in [0.1, 0.15) is 5.82 Å². The molecule has 0 radical (unpaired) electrons. The number of amides is 1. The zero-order valence-corrected chi connectivity index (χ0v) is 16.4. The first-order valence-corrected chi connectivity index (χ1v) is 10.6. The molecular weight excluding hydrogens is 373 g/mol. The Balaban J connectivity index is 1.34. The Morgan fingerprint density at radius 1 is 1.07 bits per heavy atom. The lowest BCUT2D eigenvalue weighted by atomic mass is 9.78. The van der Waals surface area contributed by atoms with Crippen LogP contribution in [0, 0.1) is 11.2 Å². The molecule has 1 spiro atoms. The maximum atomic E-state index is 13.4. The summed E-state index contributed by atoms with van der Waals surface area (Å²) in [5, 5.41) is 1.02. The Morgan fingerprint density at radius 3 is 2.71 bits per heavy atom. The number of likely N-dealkylation sites (tertiary alicyclic amines) is 1. The lowest BCUT2D eigenvalue weighted by Gasteiger charge is -2.39. The summed E-state index contributed by atoms with van der Waals surface area (Å²) in [5.41, 5.74) is 1.69. The molecule has 1 aromatic heterocycles. The SMILES string of the molecule is O=C1N(Cc2ccc(F)cc2)CCCC12CCN(c1nc3ccccc3s1)C2. The molecule has 4 nitrogen and oxygen atoms in total. The minimum absolute atomic E-state index is 0.242. The number of rotatable bonds is 3. The highest BCUT2D eigenvalue weighted by atomic mass is 32.1. The molecule has 0 saturated carbocycles. The molecule has 2 aliphatic rings. The molecule has 1 unspecified atom stereocenters. The summed E-state index contributed by atoms with van der Waals surface area (Å²) in [6.07, 6.45) is 2.83. The lowest BCUT2D eigenvalue weighted by molar-refractivity contribution is -0.145. The molecule has 2 saturated heterocycles. The van der Waals surface area contributed by atoms with Crippen LogP contribution in [0.4, 0.5) is 9.52 Å². The van der Waals surface area contributed by atoms with Gasteiger partial charge in [-0.1, -0.05) is 35.6 Å². The van der Waals surface area contributed by atoms with Crippen molar-refractivity contribution in [3.8, 4) is 0 Å². The molecular formula is C22H22FN3OS. The van der Waals surface area contributed by atoms with Crippen LogP contribution in [0.5, 0.6) is 0 Å². The normalized spacial score (nSPS) is 22.5. The van der Waals surface area contributed by atoms with E-state index in [1.54, 1.807) is 23.5 Å². The Hall–Kier alpha value is -2.47. The van der Waals surface area contributed by atoms with E-state index in [9.17, 15) is 9.18 Å². The van der Waals surface area contributed by atoms with Crippen LogP contribution < -0.4 is 4.90 Å². The first-order valence-electron chi connectivity index (χ1n) is 9.77.